The minimum Gasteiger partial charge on any atom is -0.497 e. The van der Waals surface area contributed by atoms with Crippen LogP contribution in [0.3, 0.4) is 0 Å². The molecule has 0 saturated carbocycles. The van der Waals surface area contributed by atoms with E-state index in [9.17, 15) is 0 Å². The molecule has 3 rings (SSSR count). The fourth-order valence-electron chi connectivity index (χ4n) is 2.60. The monoisotopic (exact) mass is 319 g/mol. The second-order valence-corrected chi connectivity index (χ2v) is 5.70. The van der Waals surface area contributed by atoms with E-state index in [2.05, 4.69) is 36.2 Å². The first-order chi connectivity index (χ1) is 11.7. The number of nitrogens with zero attached hydrogens (tertiary/aromatic N) is 1. The van der Waals surface area contributed by atoms with Gasteiger partial charge in [-0.05, 0) is 71.3 Å². The summed E-state index contributed by atoms with van der Waals surface area (Å²) in [5.41, 5.74) is 2.26. The van der Waals surface area contributed by atoms with E-state index >= 15 is 0 Å². The van der Waals surface area contributed by atoms with Gasteiger partial charge in [0, 0.05) is 6.21 Å². The lowest BCUT2D eigenvalue weighted by molar-refractivity contribution is 0.415. The molecular weight excluding hydrogens is 298 g/mol. The van der Waals surface area contributed by atoms with Crippen molar-refractivity contribution in [3.8, 4) is 11.5 Å². The van der Waals surface area contributed by atoms with Gasteiger partial charge in [0.2, 0.25) is 0 Å². The summed E-state index contributed by atoms with van der Waals surface area (Å²) in [5.74, 6) is 1.73. The Kier molecular flexibility index (Phi) is 4.80. The van der Waals surface area contributed by atoms with Gasteiger partial charge in [-0.2, -0.15) is 0 Å². The molecule has 0 aliphatic rings. The van der Waals surface area contributed by atoms with Crippen LogP contribution in [0.5, 0.6) is 11.5 Å². The van der Waals surface area contributed by atoms with E-state index in [1.54, 1.807) is 14.2 Å². The van der Waals surface area contributed by atoms with Crippen LogP contribution < -0.4 is 9.47 Å². The Labute approximate surface area is 142 Å². The average molecular weight is 319 g/mol. The van der Waals surface area contributed by atoms with Gasteiger partial charge < -0.3 is 9.47 Å². The number of methoxy groups -OCH3 is 2. The first-order valence-electron chi connectivity index (χ1n) is 7.94. The molecule has 0 radical (unpaired) electrons. The standard InChI is InChI=1S/C21H21NO2/c1-15(22-14-16-4-9-20(23-2)10-5-16)17-6-7-19-13-21(24-3)11-8-18(19)12-17/h4-15H,1-3H3. The van der Waals surface area contributed by atoms with Crippen molar-refractivity contribution in [2.24, 2.45) is 4.99 Å². The third-order valence-electron chi connectivity index (χ3n) is 4.12. The zero-order chi connectivity index (χ0) is 16.9. The van der Waals surface area contributed by atoms with Crippen molar-refractivity contribution in [2.75, 3.05) is 14.2 Å². The molecule has 0 spiro atoms. The van der Waals surface area contributed by atoms with Gasteiger partial charge in [-0.15, -0.1) is 0 Å². The van der Waals surface area contributed by atoms with E-state index in [4.69, 9.17) is 9.47 Å². The molecule has 0 aliphatic heterocycles. The third kappa shape index (κ3) is 3.57. The summed E-state index contributed by atoms with van der Waals surface area (Å²) in [6.07, 6.45) is 1.91. The summed E-state index contributed by atoms with van der Waals surface area (Å²) in [6.45, 7) is 2.10. The maximum absolute atomic E-state index is 5.27. The number of rotatable bonds is 5. The van der Waals surface area contributed by atoms with Gasteiger partial charge in [-0.3, -0.25) is 4.99 Å². The molecule has 3 nitrogen and oxygen atoms in total. The fourth-order valence-corrected chi connectivity index (χ4v) is 2.60. The van der Waals surface area contributed by atoms with E-state index < -0.39 is 0 Å². The summed E-state index contributed by atoms with van der Waals surface area (Å²) in [5, 5.41) is 2.37. The van der Waals surface area contributed by atoms with Crippen molar-refractivity contribution in [1.29, 1.82) is 0 Å². The Hall–Kier alpha value is -2.81. The van der Waals surface area contributed by atoms with Crippen molar-refractivity contribution in [3.05, 3.63) is 71.8 Å². The molecule has 0 fully saturated rings. The van der Waals surface area contributed by atoms with Gasteiger partial charge in [0.25, 0.3) is 0 Å². The molecule has 1 atom stereocenters. The van der Waals surface area contributed by atoms with Crippen LogP contribution >= 0.6 is 0 Å². The molecule has 1 unspecified atom stereocenters. The number of hydrogen-bond acceptors (Lipinski definition) is 3. The van der Waals surface area contributed by atoms with Crippen molar-refractivity contribution in [1.82, 2.24) is 0 Å². The number of fused-ring (bicyclic) bond motifs is 1. The lowest BCUT2D eigenvalue weighted by Gasteiger charge is -2.09. The summed E-state index contributed by atoms with van der Waals surface area (Å²) < 4.78 is 10.4. The molecule has 3 heteroatoms. The highest BCUT2D eigenvalue weighted by Gasteiger charge is 2.05. The number of benzene rings is 3. The first-order valence-corrected chi connectivity index (χ1v) is 7.94. The fraction of sp³-hybridized carbons (Fsp3) is 0.190. The van der Waals surface area contributed by atoms with Gasteiger partial charge in [0.15, 0.2) is 0 Å². The number of aliphatic imine (C=N–C) groups is 1. The first kappa shape index (κ1) is 16.1. The Balaban J connectivity index is 1.79. The molecule has 0 N–H and O–H groups in total. The van der Waals surface area contributed by atoms with Crippen LogP contribution in [0.1, 0.15) is 24.1 Å². The van der Waals surface area contributed by atoms with E-state index in [0.29, 0.717) is 0 Å². The predicted molar refractivity (Wildman–Crippen MR) is 99.5 cm³/mol. The van der Waals surface area contributed by atoms with E-state index in [1.807, 2.05) is 42.6 Å². The summed E-state index contributed by atoms with van der Waals surface area (Å²) >= 11 is 0. The molecule has 0 aromatic heterocycles. The summed E-state index contributed by atoms with van der Waals surface area (Å²) in [4.78, 5) is 4.67. The number of ether oxygens (including phenoxy) is 2. The molecule has 0 amide bonds. The molecule has 24 heavy (non-hydrogen) atoms. The highest BCUT2D eigenvalue weighted by atomic mass is 16.5. The second kappa shape index (κ2) is 7.18. The Bertz CT molecular complexity index is 853. The Morgan fingerprint density at radius 2 is 1.42 bits per heavy atom. The molecule has 3 aromatic carbocycles. The second-order valence-electron chi connectivity index (χ2n) is 5.70. The normalized spacial score (nSPS) is 12.5. The van der Waals surface area contributed by atoms with Gasteiger partial charge in [0.05, 0.1) is 20.3 Å². The molecule has 0 aliphatic carbocycles. The predicted octanol–water partition coefficient (Wildman–Crippen LogP) is 5.04. The molecule has 122 valence electrons. The highest BCUT2D eigenvalue weighted by molar-refractivity contribution is 5.85. The van der Waals surface area contributed by atoms with Crippen LogP contribution in [0.4, 0.5) is 0 Å². The largest absolute Gasteiger partial charge is 0.497 e. The zero-order valence-electron chi connectivity index (χ0n) is 14.2. The zero-order valence-corrected chi connectivity index (χ0v) is 14.2. The van der Waals surface area contributed by atoms with Crippen LogP contribution in [0, 0.1) is 0 Å². The SMILES string of the molecule is COc1ccc(C=NC(C)c2ccc3cc(OC)ccc3c2)cc1. The van der Waals surface area contributed by atoms with Crippen molar-refractivity contribution in [2.45, 2.75) is 13.0 Å². The third-order valence-corrected chi connectivity index (χ3v) is 4.12. The highest BCUT2D eigenvalue weighted by Crippen LogP contribution is 2.25. The van der Waals surface area contributed by atoms with Crippen LogP contribution in [0.2, 0.25) is 0 Å². The lowest BCUT2D eigenvalue weighted by Crippen LogP contribution is -1.92. The quantitative estimate of drug-likeness (QED) is 0.617. The lowest BCUT2D eigenvalue weighted by atomic mass is 10.0. The van der Waals surface area contributed by atoms with Crippen LogP contribution in [-0.4, -0.2) is 20.4 Å². The van der Waals surface area contributed by atoms with E-state index in [0.717, 1.165) is 17.1 Å². The minimum atomic E-state index is 0.0959. The van der Waals surface area contributed by atoms with Gasteiger partial charge in [-0.25, -0.2) is 0 Å². The van der Waals surface area contributed by atoms with Crippen LogP contribution in [0.25, 0.3) is 10.8 Å². The summed E-state index contributed by atoms with van der Waals surface area (Å²) in [6, 6.07) is 20.5. The van der Waals surface area contributed by atoms with Crippen LogP contribution in [0.15, 0.2) is 65.7 Å². The van der Waals surface area contributed by atoms with Crippen molar-refractivity contribution < 1.29 is 9.47 Å². The van der Waals surface area contributed by atoms with E-state index in [1.165, 1.54) is 16.3 Å². The van der Waals surface area contributed by atoms with Gasteiger partial charge in [0.1, 0.15) is 11.5 Å². The smallest absolute Gasteiger partial charge is 0.119 e. The summed E-state index contributed by atoms with van der Waals surface area (Å²) in [7, 11) is 3.35. The topological polar surface area (TPSA) is 30.8 Å². The molecular formula is C21H21NO2. The average Bonchev–Trinajstić information content (AvgIpc) is 2.65. The number of hydrogen-bond donors (Lipinski definition) is 0. The van der Waals surface area contributed by atoms with Gasteiger partial charge >= 0.3 is 0 Å². The van der Waals surface area contributed by atoms with Crippen LogP contribution in [-0.2, 0) is 0 Å². The van der Waals surface area contributed by atoms with E-state index in [-0.39, 0.29) is 6.04 Å². The molecule has 0 bridgehead atoms. The maximum Gasteiger partial charge on any atom is 0.119 e. The maximum atomic E-state index is 5.27. The van der Waals surface area contributed by atoms with Gasteiger partial charge in [-0.1, -0.05) is 18.2 Å². The Morgan fingerprint density at radius 3 is 2.12 bits per heavy atom. The van der Waals surface area contributed by atoms with Crippen molar-refractivity contribution >= 4 is 17.0 Å². The van der Waals surface area contributed by atoms with Crippen molar-refractivity contribution in [3.63, 3.8) is 0 Å². The minimum absolute atomic E-state index is 0.0959. The molecule has 0 saturated heterocycles. The molecule has 0 heterocycles. The molecule has 3 aromatic rings. The Morgan fingerprint density at radius 1 is 0.792 bits per heavy atom.